The highest BCUT2D eigenvalue weighted by atomic mass is 16.6. The van der Waals surface area contributed by atoms with Crippen molar-refractivity contribution in [2.75, 3.05) is 19.6 Å². The summed E-state index contributed by atoms with van der Waals surface area (Å²) in [7, 11) is 0. The Labute approximate surface area is 114 Å². The highest BCUT2D eigenvalue weighted by molar-refractivity contribution is 5.81. The van der Waals surface area contributed by atoms with Gasteiger partial charge in [0.2, 0.25) is 5.91 Å². The number of nitrogens with zero attached hydrogens (tertiary/aromatic N) is 2. The van der Waals surface area contributed by atoms with Crippen LogP contribution >= 0.6 is 0 Å². The SMILES string of the molecule is CC1CN(C(=O)OC(C)(C)C)CCN1C(=O)C1CC1. The van der Waals surface area contributed by atoms with Crippen molar-refractivity contribution < 1.29 is 14.3 Å². The average molecular weight is 268 g/mol. The van der Waals surface area contributed by atoms with E-state index in [0.29, 0.717) is 19.6 Å². The van der Waals surface area contributed by atoms with E-state index in [1.165, 1.54) is 0 Å². The fraction of sp³-hybridized carbons (Fsp3) is 0.857. The number of carbonyl (C=O) groups is 2. The molecule has 0 aromatic heterocycles. The van der Waals surface area contributed by atoms with Crippen molar-refractivity contribution >= 4 is 12.0 Å². The van der Waals surface area contributed by atoms with E-state index in [2.05, 4.69) is 0 Å². The molecule has 0 aromatic carbocycles. The molecule has 1 saturated heterocycles. The monoisotopic (exact) mass is 268 g/mol. The van der Waals surface area contributed by atoms with Gasteiger partial charge >= 0.3 is 6.09 Å². The zero-order chi connectivity index (χ0) is 14.2. The zero-order valence-electron chi connectivity index (χ0n) is 12.3. The largest absolute Gasteiger partial charge is 0.444 e. The lowest BCUT2D eigenvalue weighted by Crippen LogP contribution is -2.56. The van der Waals surface area contributed by atoms with Crippen molar-refractivity contribution in [1.29, 1.82) is 0 Å². The Kier molecular flexibility index (Phi) is 3.74. The van der Waals surface area contributed by atoms with Crippen LogP contribution in [0.4, 0.5) is 4.79 Å². The van der Waals surface area contributed by atoms with Crippen LogP contribution in [-0.2, 0) is 9.53 Å². The van der Waals surface area contributed by atoms with Gasteiger partial charge in [0.15, 0.2) is 0 Å². The number of ether oxygens (including phenoxy) is 1. The standard InChI is InChI=1S/C14H24N2O3/c1-10-9-15(13(18)19-14(2,3)4)7-8-16(10)12(17)11-5-6-11/h10-11H,5-9H2,1-4H3. The molecule has 1 heterocycles. The molecule has 2 rings (SSSR count). The average Bonchev–Trinajstić information content (AvgIpc) is 3.09. The van der Waals surface area contributed by atoms with Crippen LogP contribution in [0, 0.1) is 5.92 Å². The van der Waals surface area contributed by atoms with Crippen molar-refractivity contribution in [2.45, 2.75) is 52.2 Å². The minimum atomic E-state index is -0.471. The van der Waals surface area contributed by atoms with E-state index in [0.717, 1.165) is 12.8 Å². The first kappa shape index (κ1) is 14.2. The molecule has 0 spiro atoms. The van der Waals surface area contributed by atoms with Crippen LogP contribution in [0.1, 0.15) is 40.5 Å². The Morgan fingerprint density at radius 2 is 1.79 bits per heavy atom. The third kappa shape index (κ3) is 3.61. The molecule has 0 bridgehead atoms. The predicted molar refractivity (Wildman–Crippen MR) is 71.7 cm³/mol. The predicted octanol–water partition coefficient (Wildman–Crippen LogP) is 1.86. The molecule has 2 fully saturated rings. The molecule has 2 amide bonds. The topological polar surface area (TPSA) is 49.9 Å². The van der Waals surface area contributed by atoms with Crippen LogP contribution in [-0.4, -0.2) is 53.1 Å². The van der Waals surface area contributed by atoms with Gasteiger partial charge in [-0.25, -0.2) is 4.79 Å². The molecule has 1 aliphatic carbocycles. The Balaban J connectivity index is 1.88. The third-order valence-corrected chi connectivity index (χ3v) is 3.49. The van der Waals surface area contributed by atoms with E-state index in [1.807, 2.05) is 32.6 Å². The molecule has 5 heteroatoms. The van der Waals surface area contributed by atoms with E-state index in [-0.39, 0.29) is 24.0 Å². The fourth-order valence-electron chi connectivity index (χ4n) is 2.34. The second-order valence-corrected chi connectivity index (χ2v) is 6.58. The summed E-state index contributed by atoms with van der Waals surface area (Å²) in [6.45, 7) is 9.33. The first-order valence-electron chi connectivity index (χ1n) is 7.06. The highest BCUT2D eigenvalue weighted by Gasteiger charge is 2.38. The summed E-state index contributed by atoms with van der Waals surface area (Å²) in [5.74, 6) is 0.506. The van der Waals surface area contributed by atoms with E-state index < -0.39 is 5.60 Å². The normalized spacial score (nSPS) is 24.3. The lowest BCUT2D eigenvalue weighted by molar-refractivity contribution is -0.137. The van der Waals surface area contributed by atoms with Gasteiger partial charge < -0.3 is 14.5 Å². The molecular weight excluding hydrogens is 244 g/mol. The molecule has 1 atom stereocenters. The van der Waals surface area contributed by atoms with Gasteiger partial charge in [-0.1, -0.05) is 0 Å². The summed E-state index contributed by atoms with van der Waals surface area (Å²) < 4.78 is 5.36. The molecule has 5 nitrogen and oxygen atoms in total. The molecule has 0 aromatic rings. The maximum Gasteiger partial charge on any atom is 0.410 e. The van der Waals surface area contributed by atoms with Crippen LogP contribution in [0.5, 0.6) is 0 Å². The quantitative estimate of drug-likeness (QED) is 0.729. The second-order valence-electron chi connectivity index (χ2n) is 6.58. The summed E-state index contributed by atoms with van der Waals surface area (Å²) in [5, 5.41) is 0. The van der Waals surface area contributed by atoms with Gasteiger partial charge in [0.25, 0.3) is 0 Å². The Morgan fingerprint density at radius 3 is 2.26 bits per heavy atom. The highest BCUT2D eigenvalue weighted by Crippen LogP contribution is 2.32. The zero-order valence-corrected chi connectivity index (χ0v) is 12.3. The summed E-state index contributed by atoms with van der Waals surface area (Å²) in [5.41, 5.74) is -0.471. The van der Waals surface area contributed by atoms with Gasteiger partial charge in [-0.3, -0.25) is 4.79 Å². The number of hydrogen-bond donors (Lipinski definition) is 0. The lowest BCUT2D eigenvalue weighted by atomic mass is 10.1. The van der Waals surface area contributed by atoms with Crippen LogP contribution in [0.2, 0.25) is 0 Å². The van der Waals surface area contributed by atoms with Crippen LogP contribution in [0.25, 0.3) is 0 Å². The summed E-state index contributed by atoms with van der Waals surface area (Å²) in [6.07, 6.45) is 1.77. The van der Waals surface area contributed by atoms with Gasteiger partial charge in [-0.05, 0) is 40.5 Å². The summed E-state index contributed by atoms with van der Waals surface area (Å²) in [6, 6.07) is 0.0781. The Morgan fingerprint density at radius 1 is 1.16 bits per heavy atom. The van der Waals surface area contributed by atoms with Crippen molar-refractivity contribution in [3.63, 3.8) is 0 Å². The van der Waals surface area contributed by atoms with E-state index in [4.69, 9.17) is 4.74 Å². The smallest absolute Gasteiger partial charge is 0.410 e. The minimum Gasteiger partial charge on any atom is -0.444 e. The van der Waals surface area contributed by atoms with Gasteiger partial charge in [0, 0.05) is 31.6 Å². The minimum absolute atomic E-state index is 0.0781. The molecule has 1 aliphatic heterocycles. The first-order valence-corrected chi connectivity index (χ1v) is 7.06. The number of piperazine rings is 1. The Hall–Kier alpha value is -1.26. The maximum atomic E-state index is 12.1. The molecule has 0 N–H and O–H groups in total. The number of rotatable bonds is 1. The first-order chi connectivity index (χ1) is 8.78. The number of carbonyl (C=O) groups excluding carboxylic acids is 2. The van der Waals surface area contributed by atoms with Crippen LogP contribution in [0.3, 0.4) is 0 Å². The van der Waals surface area contributed by atoms with E-state index in [1.54, 1.807) is 4.90 Å². The molecule has 2 aliphatic rings. The van der Waals surface area contributed by atoms with Crippen LogP contribution < -0.4 is 0 Å². The molecule has 0 radical (unpaired) electrons. The van der Waals surface area contributed by atoms with Crippen molar-refractivity contribution in [3.05, 3.63) is 0 Å². The van der Waals surface area contributed by atoms with Crippen molar-refractivity contribution in [2.24, 2.45) is 5.92 Å². The van der Waals surface area contributed by atoms with Gasteiger partial charge in [0.05, 0.1) is 0 Å². The van der Waals surface area contributed by atoms with E-state index in [9.17, 15) is 9.59 Å². The molecular formula is C14H24N2O3. The maximum absolute atomic E-state index is 12.1. The van der Waals surface area contributed by atoms with Gasteiger partial charge in [-0.15, -0.1) is 0 Å². The fourth-order valence-corrected chi connectivity index (χ4v) is 2.34. The summed E-state index contributed by atoms with van der Waals surface area (Å²) in [4.78, 5) is 27.7. The van der Waals surface area contributed by atoms with Crippen molar-refractivity contribution in [1.82, 2.24) is 9.80 Å². The molecule has 1 saturated carbocycles. The molecule has 108 valence electrons. The van der Waals surface area contributed by atoms with Crippen LogP contribution in [0.15, 0.2) is 0 Å². The summed E-state index contributed by atoms with van der Waals surface area (Å²) >= 11 is 0. The van der Waals surface area contributed by atoms with E-state index >= 15 is 0 Å². The number of hydrogen-bond acceptors (Lipinski definition) is 3. The van der Waals surface area contributed by atoms with Gasteiger partial charge in [-0.2, -0.15) is 0 Å². The number of amides is 2. The lowest BCUT2D eigenvalue weighted by Gasteiger charge is -2.40. The molecule has 1 unspecified atom stereocenters. The van der Waals surface area contributed by atoms with Crippen molar-refractivity contribution in [3.8, 4) is 0 Å². The second kappa shape index (κ2) is 5.02. The third-order valence-electron chi connectivity index (χ3n) is 3.49. The Bertz CT molecular complexity index is 371. The molecule has 19 heavy (non-hydrogen) atoms. The van der Waals surface area contributed by atoms with Gasteiger partial charge in [0.1, 0.15) is 5.60 Å².